The molecule has 0 saturated carbocycles. The normalized spacial score (nSPS) is 11.8. The fourth-order valence-electron chi connectivity index (χ4n) is 1.64. The van der Waals surface area contributed by atoms with Gasteiger partial charge in [-0.05, 0) is 31.5 Å². The highest BCUT2D eigenvalue weighted by molar-refractivity contribution is 7.15. The van der Waals surface area contributed by atoms with Crippen LogP contribution < -0.4 is 0 Å². The summed E-state index contributed by atoms with van der Waals surface area (Å²) in [5.74, 6) is 0. The summed E-state index contributed by atoms with van der Waals surface area (Å²) in [6.07, 6.45) is -4.30. The SMILES string of the molecule is Cc1nc(C)c(-c2cccc(C(F)(F)F)c2)s1. The van der Waals surface area contributed by atoms with E-state index in [9.17, 15) is 13.2 Å². The summed E-state index contributed by atoms with van der Waals surface area (Å²) in [6, 6.07) is 5.34. The molecule has 0 spiro atoms. The number of halogens is 3. The van der Waals surface area contributed by atoms with E-state index in [1.807, 2.05) is 6.92 Å². The van der Waals surface area contributed by atoms with Crippen molar-refractivity contribution >= 4 is 11.3 Å². The fraction of sp³-hybridized carbons (Fsp3) is 0.250. The topological polar surface area (TPSA) is 12.9 Å². The molecule has 0 aliphatic heterocycles. The van der Waals surface area contributed by atoms with Gasteiger partial charge in [-0.3, -0.25) is 0 Å². The summed E-state index contributed by atoms with van der Waals surface area (Å²) in [6.45, 7) is 3.65. The first kappa shape index (κ1) is 12.1. The molecule has 17 heavy (non-hydrogen) atoms. The lowest BCUT2D eigenvalue weighted by atomic mass is 10.1. The van der Waals surface area contributed by atoms with Crippen LogP contribution in [0.25, 0.3) is 10.4 Å². The van der Waals surface area contributed by atoms with Crippen molar-refractivity contribution in [2.45, 2.75) is 20.0 Å². The van der Waals surface area contributed by atoms with Crippen molar-refractivity contribution in [3.63, 3.8) is 0 Å². The first-order chi connectivity index (χ1) is 7.88. The second kappa shape index (κ2) is 4.14. The summed E-state index contributed by atoms with van der Waals surface area (Å²) < 4.78 is 37.7. The molecule has 1 heterocycles. The van der Waals surface area contributed by atoms with E-state index in [1.165, 1.54) is 23.5 Å². The summed E-state index contributed by atoms with van der Waals surface area (Å²) in [5.41, 5.74) is 0.718. The van der Waals surface area contributed by atoms with Crippen LogP contribution in [0.4, 0.5) is 13.2 Å². The van der Waals surface area contributed by atoms with Crippen LogP contribution >= 0.6 is 11.3 Å². The average molecular weight is 257 g/mol. The van der Waals surface area contributed by atoms with E-state index in [1.54, 1.807) is 13.0 Å². The van der Waals surface area contributed by atoms with E-state index >= 15 is 0 Å². The molecule has 0 bridgehead atoms. The summed E-state index contributed by atoms with van der Waals surface area (Å²) in [7, 11) is 0. The number of nitrogens with zero attached hydrogens (tertiary/aromatic N) is 1. The molecular formula is C12H10F3NS. The fourth-order valence-corrected chi connectivity index (χ4v) is 2.55. The van der Waals surface area contributed by atoms with Gasteiger partial charge in [-0.15, -0.1) is 11.3 Å². The van der Waals surface area contributed by atoms with Gasteiger partial charge in [0.25, 0.3) is 0 Å². The smallest absolute Gasteiger partial charge is 0.246 e. The Kier molecular flexibility index (Phi) is 2.95. The van der Waals surface area contributed by atoms with Crippen molar-refractivity contribution in [2.75, 3.05) is 0 Å². The Balaban J connectivity index is 2.50. The van der Waals surface area contributed by atoms with Crippen LogP contribution in [0.2, 0.25) is 0 Å². The van der Waals surface area contributed by atoms with Crippen LogP contribution in [0.3, 0.4) is 0 Å². The molecule has 2 aromatic rings. The monoisotopic (exact) mass is 257 g/mol. The molecule has 0 unspecified atom stereocenters. The molecule has 5 heteroatoms. The van der Waals surface area contributed by atoms with Crippen molar-refractivity contribution in [3.05, 3.63) is 40.5 Å². The molecule has 0 amide bonds. The Morgan fingerprint density at radius 3 is 2.41 bits per heavy atom. The van der Waals surface area contributed by atoms with E-state index in [0.717, 1.165) is 21.6 Å². The van der Waals surface area contributed by atoms with Gasteiger partial charge >= 0.3 is 6.18 Å². The van der Waals surface area contributed by atoms with Crippen molar-refractivity contribution < 1.29 is 13.2 Å². The van der Waals surface area contributed by atoms with Gasteiger partial charge in [-0.25, -0.2) is 4.98 Å². The number of aromatic nitrogens is 1. The molecule has 1 nitrogen and oxygen atoms in total. The molecule has 0 aliphatic rings. The van der Waals surface area contributed by atoms with Gasteiger partial charge in [-0.1, -0.05) is 12.1 Å². The third kappa shape index (κ3) is 2.49. The summed E-state index contributed by atoms with van der Waals surface area (Å²) in [4.78, 5) is 5.02. The van der Waals surface area contributed by atoms with E-state index in [4.69, 9.17) is 0 Å². The number of benzene rings is 1. The highest BCUT2D eigenvalue weighted by atomic mass is 32.1. The standard InChI is InChI=1S/C12H10F3NS/c1-7-11(17-8(2)16-7)9-4-3-5-10(6-9)12(13,14)15/h3-6H,1-2H3. The molecule has 0 radical (unpaired) electrons. The summed E-state index contributed by atoms with van der Waals surface area (Å²) >= 11 is 1.41. The average Bonchev–Trinajstić information content (AvgIpc) is 2.57. The van der Waals surface area contributed by atoms with Crippen LogP contribution in [0.1, 0.15) is 16.3 Å². The Hall–Kier alpha value is -1.36. The second-order valence-electron chi connectivity index (χ2n) is 3.73. The lowest BCUT2D eigenvalue weighted by Gasteiger charge is -2.07. The van der Waals surface area contributed by atoms with Crippen molar-refractivity contribution in [1.29, 1.82) is 0 Å². The van der Waals surface area contributed by atoms with Crippen LogP contribution in [-0.4, -0.2) is 4.98 Å². The van der Waals surface area contributed by atoms with E-state index in [-0.39, 0.29) is 0 Å². The van der Waals surface area contributed by atoms with Gasteiger partial charge in [0, 0.05) is 0 Å². The zero-order valence-corrected chi connectivity index (χ0v) is 10.1. The largest absolute Gasteiger partial charge is 0.416 e. The molecular weight excluding hydrogens is 247 g/mol. The summed E-state index contributed by atoms with van der Waals surface area (Å²) in [5, 5.41) is 0.856. The second-order valence-corrected chi connectivity index (χ2v) is 4.93. The van der Waals surface area contributed by atoms with E-state index in [0.29, 0.717) is 5.56 Å². The zero-order valence-electron chi connectivity index (χ0n) is 9.30. The zero-order chi connectivity index (χ0) is 12.6. The van der Waals surface area contributed by atoms with Crippen molar-refractivity contribution in [3.8, 4) is 10.4 Å². The van der Waals surface area contributed by atoms with Crippen molar-refractivity contribution in [2.24, 2.45) is 0 Å². The maximum Gasteiger partial charge on any atom is 0.416 e. The molecule has 0 N–H and O–H groups in total. The van der Waals surface area contributed by atoms with Crippen LogP contribution in [0, 0.1) is 13.8 Å². The van der Waals surface area contributed by atoms with Gasteiger partial charge in [0.2, 0.25) is 0 Å². The maximum atomic E-state index is 12.6. The predicted octanol–water partition coefficient (Wildman–Crippen LogP) is 4.45. The van der Waals surface area contributed by atoms with Gasteiger partial charge < -0.3 is 0 Å². The van der Waals surface area contributed by atoms with Crippen molar-refractivity contribution in [1.82, 2.24) is 4.98 Å². The molecule has 0 saturated heterocycles. The molecule has 2 rings (SSSR count). The Bertz CT molecular complexity index is 543. The number of hydrogen-bond donors (Lipinski definition) is 0. The first-order valence-electron chi connectivity index (χ1n) is 4.99. The lowest BCUT2D eigenvalue weighted by molar-refractivity contribution is -0.137. The molecule has 90 valence electrons. The maximum absolute atomic E-state index is 12.6. The minimum atomic E-state index is -4.30. The molecule has 1 aromatic carbocycles. The molecule has 0 atom stereocenters. The van der Waals surface area contributed by atoms with Crippen LogP contribution in [0.5, 0.6) is 0 Å². The van der Waals surface area contributed by atoms with E-state index in [2.05, 4.69) is 4.98 Å². The molecule has 0 fully saturated rings. The number of thiazole rings is 1. The molecule has 1 aromatic heterocycles. The van der Waals surface area contributed by atoms with Gasteiger partial charge in [0.05, 0.1) is 21.1 Å². The third-order valence-electron chi connectivity index (χ3n) is 2.36. The quantitative estimate of drug-likeness (QED) is 0.735. The van der Waals surface area contributed by atoms with Crippen LogP contribution in [0.15, 0.2) is 24.3 Å². The van der Waals surface area contributed by atoms with E-state index < -0.39 is 11.7 Å². The highest BCUT2D eigenvalue weighted by Gasteiger charge is 2.30. The highest BCUT2D eigenvalue weighted by Crippen LogP contribution is 2.35. The Morgan fingerprint density at radius 1 is 1.18 bits per heavy atom. The third-order valence-corrected chi connectivity index (χ3v) is 3.48. The number of hydrogen-bond acceptors (Lipinski definition) is 2. The van der Waals surface area contributed by atoms with Crippen LogP contribution in [-0.2, 0) is 6.18 Å². The molecule has 0 aliphatic carbocycles. The Morgan fingerprint density at radius 2 is 1.88 bits per heavy atom. The number of alkyl halides is 3. The van der Waals surface area contributed by atoms with Gasteiger partial charge in [0.1, 0.15) is 0 Å². The van der Waals surface area contributed by atoms with Gasteiger partial charge in [-0.2, -0.15) is 13.2 Å². The number of aryl methyl sites for hydroxylation is 2. The lowest BCUT2D eigenvalue weighted by Crippen LogP contribution is -2.04. The van der Waals surface area contributed by atoms with Gasteiger partial charge in [0.15, 0.2) is 0 Å². The first-order valence-corrected chi connectivity index (χ1v) is 5.81. The number of rotatable bonds is 1. The minimum absolute atomic E-state index is 0.572. The minimum Gasteiger partial charge on any atom is -0.246 e. The predicted molar refractivity (Wildman–Crippen MR) is 62.0 cm³/mol. The Labute approximate surface area is 101 Å².